The van der Waals surface area contributed by atoms with Crippen LogP contribution in [-0.4, -0.2) is 25.1 Å². The lowest BCUT2D eigenvalue weighted by atomic mass is 10.2. The second-order valence-corrected chi connectivity index (χ2v) is 4.28. The maximum atomic E-state index is 11.3. The minimum atomic E-state index is -0.353. The number of aromatic nitrogens is 1. The number of methoxy groups -OCH3 is 2. The van der Waals surface area contributed by atoms with Gasteiger partial charge in [-0.1, -0.05) is 18.2 Å². The number of anilines is 1. The Hall–Kier alpha value is -2.27. The molecule has 1 N–H and O–H groups in total. The first kappa shape index (κ1) is 14.1. The van der Waals surface area contributed by atoms with Crippen LogP contribution in [-0.2, 0) is 4.79 Å². The van der Waals surface area contributed by atoms with Crippen LogP contribution in [0.1, 0.15) is 0 Å². The summed E-state index contributed by atoms with van der Waals surface area (Å²) in [5.74, 6) is 0.746. The number of nitrogens with one attached hydrogen (secondary N) is 1. The molecule has 0 fully saturated rings. The molecule has 1 aromatic heterocycles. The van der Waals surface area contributed by atoms with Gasteiger partial charge < -0.3 is 14.8 Å². The number of halogens is 1. The van der Waals surface area contributed by atoms with Gasteiger partial charge in [0.05, 0.1) is 36.6 Å². The van der Waals surface area contributed by atoms with Crippen LogP contribution >= 0.6 is 11.6 Å². The highest BCUT2D eigenvalue weighted by atomic mass is 35.5. The zero-order valence-electron chi connectivity index (χ0n) is 11.1. The molecule has 6 heteroatoms. The summed E-state index contributed by atoms with van der Waals surface area (Å²) < 4.78 is 10.4. The van der Waals surface area contributed by atoms with Crippen LogP contribution in [0.25, 0.3) is 10.9 Å². The second kappa shape index (κ2) is 5.79. The van der Waals surface area contributed by atoms with E-state index in [-0.39, 0.29) is 5.91 Å². The molecule has 2 aromatic rings. The molecular weight excluding hydrogens is 280 g/mol. The fraction of sp³-hybridized carbons (Fsp3) is 0.143. The molecule has 0 spiro atoms. The van der Waals surface area contributed by atoms with Crippen LogP contribution in [0.4, 0.5) is 5.69 Å². The number of carbonyl (C=O) groups is 1. The number of rotatable bonds is 4. The minimum absolute atomic E-state index is 0.353. The maximum Gasteiger partial charge on any atom is 0.247 e. The third kappa shape index (κ3) is 2.53. The molecule has 0 unspecified atom stereocenters. The summed E-state index contributed by atoms with van der Waals surface area (Å²) in [5.41, 5.74) is 1.06. The van der Waals surface area contributed by atoms with Crippen molar-refractivity contribution < 1.29 is 14.3 Å². The van der Waals surface area contributed by atoms with E-state index in [1.54, 1.807) is 19.2 Å². The Morgan fingerprint density at radius 2 is 2.00 bits per heavy atom. The molecule has 0 aliphatic rings. The number of ether oxygens (including phenoxy) is 2. The average Bonchev–Trinajstić information content (AvgIpc) is 2.48. The van der Waals surface area contributed by atoms with E-state index < -0.39 is 0 Å². The van der Waals surface area contributed by atoms with E-state index in [0.717, 1.165) is 6.08 Å². The molecule has 0 bridgehead atoms. The van der Waals surface area contributed by atoms with E-state index in [0.29, 0.717) is 33.1 Å². The lowest BCUT2D eigenvalue weighted by molar-refractivity contribution is -0.111. The fourth-order valence-electron chi connectivity index (χ4n) is 1.76. The summed E-state index contributed by atoms with van der Waals surface area (Å²) in [7, 11) is 3.08. The van der Waals surface area contributed by atoms with E-state index in [9.17, 15) is 4.79 Å². The lowest BCUT2D eigenvalue weighted by Crippen LogP contribution is -2.08. The molecule has 0 saturated carbocycles. The molecule has 0 aliphatic carbocycles. The van der Waals surface area contributed by atoms with Gasteiger partial charge in [0.25, 0.3) is 0 Å². The number of carbonyl (C=O) groups excluding carboxylic acids is 1. The molecule has 0 radical (unpaired) electrons. The van der Waals surface area contributed by atoms with Crippen LogP contribution in [0, 0.1) is 0 Å². The van der Waals surface area contributed by atoms with Gasteiger partial charge in [0, 0.05) is 11.5 Å². The Morgan fingerprint density at radius 3 is 2.60 bits per heavy atom. The normalized spacial score (nSPS) is 10.2. The van der Waals surface area contributed by atoms with Gasteiger partial charge in [0.2, 0.25) is 5.91 Å². The number of fused-ring (bicyclic) bond motifs is 1. The monoisotopic (exact) mass is 292 g/mol. The number of hydrogen-bond donors (Lipinski definition) is 1. The average molecular weight is 293 g/mol. The fourth-order valence-corrected chi connectivity index (χ4v) is 2.01. The van der Waals surface area contributed by atoms with Gasteiger partial charge in [-0.15, -0.1) is 0 Å². The van der Waals surface area contributed by atoms with E-state index in [1.165, 1.54) is 13.3 Å². The van der Waals surface area contributed by atoms with Crippen LogP contribution in [0.3, 0.4) is 0 Å². The molecule has 20 heavy (non-hydrogen) atoms. The smallest absolute Gasteiger partial charge is 0.247 e. The summed E-state index contributed by atoms with van der Waals surface area (Å²) in [6.07, 6.45) is 2.65. The third-order valence-electron chi connectivity index (χ3n) is 2.75. The molecule has 5 nitrogen and oxygen atoms in total. The van der Waals surface area contributed by atoms with Gasteiger partial charge >= 0.3 is 0 Å². The highest BCUT2D eigenvalue weighted by Gasteiger charge is 2.13. The standard InChI is InChI=1S/C14H13ClN2O3/c1-4-13(18)17-10-7-16-9-6-12(20-3)11(19-2)5-8(9)14(10)15/h4-7H,1H2,2-3H3,(H,17,18). The maximum absolute atomic E-state index is 11.3. The van der Waals surface area contributed by atoms with E-state index in [2.05, 4.69) is 16.9 Å². The predicted octanol–water partition coefficient (Wildman–Crippen LogP) is 3.03. The highest BCUT2D eigenvalue weighted by Crippen LogP contribution is 2.37. The van der Waals surface area contributed by atoms with Crippen LogP contribution in [0.2, 0.25) is 5.02 Å². The van der Waals surface area contributed by atoms with Gasteiger partial charge in [0.1, 0.15) is 0 Å². The second-order valence-electron chi connectivity index (χ2n) is 3.90. The molecule has 1 heterocycles. The molecule has 0 atom stereocenters. The molecule has 1 amide bonds. The predicted molar refractivity (Wildman–Crippen MR) is 78.7 cm³/mol. The summed E-state index contributed by atoms with van der Waals surface area (Å²) in [6, 6.07) is 3.44. The van der Waals surface area contributed by atoms with Crippen molar-refractivity contribution in [1.29, 1.82) is 0 Å². The molecular formula is C14H13ClN2O3. The molecule has 0 saturated heterocycles. The molecule has 0 aliphatic heterocycles. The first-order chi connectivity index (χ1) is 9.60. The van der Waals surface area contributed by atoms with Gasteiger partial charge in [-0.25, -0.2) is 0 Å². The number of amides is 1. The van der Waals surface area contributed by atoms with Gasteiger partial charge in [-0.3, -0.25) is 9.78 Å². The Balaban J connectivity index is 2.59. The topological polar surface area (TPSA) is 60.5 Å². The number of nitrogens with zero attached hydrogens (tertiary/aromatic N) is 1. The van der Waals surface area contributed by atoms with E-state index >= 15 is 0 Å². The minimum Gasteiger partial charge on any atom is -0.493 e. The van der Waals surface area contributed by atoms with Crippen LogP contribution < -0.4 is 14.8 Å². The zero-order valence-corrected chi connectivity index (χ0v) is 11.8. The quantitative estimate of drug-likeness (QED) is 0.880. The van der Waals surface area contributed by atoms with Crippen molar-refractivity contribution in [3.8, 4) is 11.5 Å². The van der Waals surface area contributed by atoms with E-state index in [4.69, 9.17) is 21.1 Å². The summed E-state index contributed by atoms with van der Waals surface area (Å²) in [6.45, 7) is 3.39. The summed E-state index contributed by atoms with van der Waals surface area (Å²) in [4.78, 5) is 15.6. The van der Waals surface area contributed by atoms with Crippen LogP contribution in [0.15, 0.2) is 31.0 Å². The Morgan fingerprint density at radius 1 is 1.35 bits per heavy atom. The molecule has 104 valence electrons. The molecule has 2 rings (SSSR count). The van der Waals surface area contributed by atoms with Crippen molar-refractivity contribution in [2.75, 3.05) is 19.5 Å². The van der Waals surface area contributed by atoms with Crippen molar-refractivity contribution in [1.82, 2.24) is 4.98 Å². The highest BCUT2D eigenvalue weighted by molar-refractivity contribution is 6.38. The van der Waals surface area contributed by atoms with Crippen molar-refractivity contribution in [2.45, 2.75) is 0 Å². The van der Waals surface area contributed by atoms with Gasteiger partial charge in [0.15, 0.2) is 11.5 Å². The van der Waals surface area contributed by atoms with Crippen LogP contribution in [0.5, 0.6) is 11.5 Å². The Kier molecular flexibility index (Phi) is 4.10. The van der Waals surface area contributed by atoms with Gasteiger partial charge in [-0.2, -0.15) is 0 Å². The molecule has 1 aromatic carbocycles. The lowest BCUT2D eigenvalue weighted by Gasteiger charge is -2.11. The van der Waals surface area contributed by atoms with E-state index in [1.807, 2.05) is 0 Å². The Labute approximate surface area is 121 Å². The number of hydrogen-bond acceptors (Lipinski definition) is 4. The first-order valence-corrected chi connectivity index (χ1v) is 6.12. The van der Waals surface area contributed by atoms with Gasteiger partial charge in [-0.05, 0) is 12.1 Å². The summed E-state index contributed by atoms with van der Waals surface area (Å²) in [5, 5.41) is 3.63. The first-order valence-electron chi connectivity index (χ1n) is 5.74. The van der Waals surface area contributed by atoms with Crippen molar-refractivity contribution in [3.05, 3.63) is 36.0 Å². The van der Waals surface area contributed by atoms with Crippen molar-refractivity contribution in [2.24, 2.45) is 0 Å². The Bertz CT molecular complexity index is 686. The third-order valence-corrected chi connectivity index (χ3v) is 3.16. The van der Waals surface area contributed by atoms with Crippen molar-refractivity contribution >= 4 is 34.1 Å². The number of benzene rings is 1. The largest absolute Gasteiger partial charge is 0.493 e. The summed E-state index contributed by atoms with van der Waals surface area (Å²) >= 11 is 6.28. The van der Waals surface area contributed by atoms with Crippen molar-refractivity contribution in [3.63, 3.8) is 0 Å². The number of pyridine rings is 1. The zero-order chi connectivity index (χ0) is 14.7. The SMILES string of the molecule is C=CC(=O)Nc1cnc2cc(OC)c(OC)cc2c1Cl.